The number of carbonyl (C=O) groups is 2. The van der Waals surface area contributed by atoms with Crippen molar-refractivity contribution < 1.29 is 14.7 Å². The highest BCUT2D eigenvalue weighted by molar-refractivity contribution is 5.93. The molecule has 1 aromatic heterocycles. The maximum atomic E-state index is 12.0. The first-order valence-corrected chi connectivity index (χ1v) is 5.96. The Balaban J connectivity index is 2.99. The third-order valence-electron chi connectivity index (χ3n) is 2.79. The molecule has 0 saturated carbocycles. The number of carboxylic acids is 1. The highest BCUT2D eigenvalue weighted by atomic mass is 16.4. The van der Waals surface area contributed by atoms with Crippen molar-refractivity contribution in [1.29, 1.82) is 0 Å². The van der Waals surface area contributed by atoms with Crippen molar-refractivity contribution in [3.05, 3.63) is 32.6 Å². The van der Waals surface area contributed by atoms with E-state index in [-0.39, 0.29) is 12.0 Å². The van der Waals surface area contributed by atoms with Gasteiger partial charge in [-0.3, -0.25) is 19.4 Å². The van der Waals surface area contributed by atoms with Gasteiger partial charge in [-0.1, -0.05) is 20.8 Å². The van der Waals surface area contributed by atoms with Gasteiger partial charge in [0.15, 0.2) is 0 Å². The smallest absolute Gasteiger partial charge is 0.325 e. The van der Waals surface area contributed by atoms with Gasteiger partial charge in [0.25, 0.3) is 11.5 Å². The van der Waals surface area contributed by atoms with E-state index in [0.717, 1.165) is 6.20 Å². The molecule has 0 saturated heterocycles. The number of nitrogens with one attached hydrogen (secondary N) is 3. The zero-order chi connectivity index (χ0) is 15.5. The molecule has 1 heterocycles. The highest BCUT2D eigenvalue weighted by Crippen LogP contribution is 2.22. The minimum atomic E-state index is -1.05. The van der Waals surface area contributed by atoms with Gasteiger partial charge in [0.05, 0.1) is 6.42 Å². The number of aliphatic carboxylic acids is 1. The molecule has 1 amide bonds. The molecule has 0 bridgehead atoms. The zero-order valence-electron chi connectivity index (χ0n) is 11.4. The minimum Gasteiger partial charge on any atom is -0.481 e. The quantitative estimate of drug-likeness (QED) is 0.601. The highest BCUT2D eigenvalue weighted by Gasteiger charge is 2.29. The van der Waals surface area contributed by atoms with Crippen LogP contribution in [0.4, 0.5) is 0 Å². The van der Waals surface area contributed by atoms with Crippen LogP contribution in [-0.4, -0.2) is 33.0 Å². The van der Waals surface area contributed by atoms with Gasteiger partial charge in [-0.05, 0) is 5.41 Å². The lowest BCUT2D eigenvalue weighted by molar-refractivity contribution is -0.138. The van der Waals surface area contributed by atoms with Crippen molar-refractivity contribution in [2.45, 2.75) is 33.2 Å². The molecule has 0 fully saturated rings. The van der Waals surface area contributed by atoms with Crippen LogP contribution in [0, 0.1) is 5.41 Å². The predicted octanol–water partition coefficient (Wildman–Crippen LogP) is -0.318. The Morgan fingerprint density at radius 3 is 2.40 bits per heavy atom. The average molecular weight is 283 g/mol. The van der Waals surface area contributed by atoms with Crippen LogP contribution in [0.5, 0.6) is 0 Å². The summed E-state index contributed by atoms with van der Waals surface area (Å²) in [5.41, 5.74) is -2.31. The van der Waals surface area contributed by atoms with Crippen LogP contribution < -0.4 is 16.6 Å². The minimum absolute atomic E-state index is 0.267. The second-order valence-corrected chi connectivity index (χ2v) is 5.48. The van der Waals surface area contributed by atoms with Crippen LogP contribution in [0.25, 0.3) is 0 Å². The zero-order valence-corrected chi connectivity index (χ0v) is 11.4. The Morgan fingerprint density at radius 2 is 1.95 bits per heavy atom. The standard InChI is InChI=1S/C12H17N3O5/c1-12(2,3)7(4-8(16)17)14-9(18)6-5-13-11(20)15-10(6)19/h5,7H,4H2,1-3H3,(H,14,18)(H,16,17)(H2,13,15,19,20). The van der Waals surface area contributed by atoms with E-state index in [1.807, 2.05) is 4.98 Å². The number of H-pyrrole nitrogens is 2. The lowest BCUT2D eigenvalue weighted by Gasteiger charge is -2.30. The molecule has 8 heteroatoms. The molecule has 0 aliphatic rings. The van der Waals surface area contributed by atoms with Crippen LogP contribution in [0.15, 0.2) is 15.8 Å². The van der Waals surface area contributed by atoms with Gasteiger partial charge in [0.2, 0.25) is 0 Å². The van der Waals surface area contributed by atoms with Crippen LogP contribution in [0.1, 0.15) is 37.6 Å². The number of aromatic nitrogens is 2. The van der Waals surface area contributed by atoms with E-state index >= 15 is 0 Å². The largest absolute Gasteiger partial charge is 0.481 e. The van der Waals surface area contributed by atoms with Gasteiger partial charge < -0.3 is 15.4 Å². The van der Waals surface area contributed by atoms with Gasteiger partial charge in [-0.25, -0.2) is 4.79 Å². The summed E-state index contributed by atoms with van der Waals surface area (Å²) in [4.78, 5) is 49.3. The first-order valence-electron chi connectivity index (χ1n) is 5.96. The molecule has 0 aliphatic heterocycles. The van der Waals surface area contributed by atoms with E-state index in [2.05, 4.69) is 10.3 Å². The number of hydrogen-bond donors (Lipinski definition) is 4. The number of hydrogen-bond acceptors (Lipinski definition) is 4. The summed E-state index contributed by atoms with van der Waals surface area (Å²) >= 11 is 0. The normalized spacial score (nSPS) is 12.8. The molecule has 1 atom stereocenters. The van der Waals surface area contributed by atoms with Crippen molar-refractivity contribution in [1.82, 2.24) is 15.3 Å². The molecule has 0 aliphatic carbocycles. The summed E-state index contributed by atoms with van der Waals surface area (Å²) in [6.45, 7) is 5.33. The third-order valence-corrected chi connectivity index (χ3v) is 2.79. The van der Waals surface area contributed by atoms with Gasteiger partial charge in [-0.2, -0.15) is 0 Å². The van der Waals surface area contributed by atoms with E-state index in [9.17, 15) is 19.2 Å². The molecule has 110 valence electrons. The summed E-state index contributed by atoms with van der Waals surface area (Å²) in [6, 6.07) is -0.654. The van der Waals surface area contributed by atoms with Crippen molar-refractivity contribution >= 4 is 11.9 Å². The van der Waals surface area contributed by atoms with Gasteiger partial charge in [0.1, 0.15) is 5.56 Å². The molecule has 0 spiro atoms. The van der Waals surface area contributed by atoms with Crippen LogP contribution in [0.3, 0.4) is 0 Å². The number of carbonyl (C=O) groups excluding carboxylic acids is 1. The number of rotatable bonds is 4. The first-order chi connectivity index (χ1) is 9.11. The lowest BCUT2D eigenvalue weighted by atomic mass is 9.84. The van der Waals surface area contributed by atoms with Crippen molar-refractivity contribution in [2.24, 2.45) is 5.41 Å². The Kier molecular flexibility index (Phi) is 4.49. The fourth-order valence-electron chi connectivity index (χ4n) is 1.56. The summed E-state index contributed by atoms with van der Waals surface area (Å²) < 4.78 is 0. The molecule has 1 rings (SSSR count). The molecule has 4 N–H and O–H groups in total. The second kappa shape index (κ2) is 5.72. The van der Waals surface area contributed by atoms with E-state index in [1.165, 1.54) is 0 Å². The van der Waals surface area contributed by atoms with Crippen LogP contribution in [-0.2, 0) is 4.79 Å². The summed E-state index contributed by atoms with van der Waals surface area (Å²) in [5.74, 6) is -1.79. The summed E-state index contributed by atoms with van der Waals surface area (Å²) in [6.07, 6.45) is 0.730. The number of aromatic amines is 2. The van der Waals surface area contributed by atoms with Crippen molar-refractivity contribution in [3.63, 3.8) is 0 Å². The Bertz CT molecular complexity index is 623. The fourth-order valence-corrected chi connectivity index (χ4v) is 1.56. The van der Waals surface area contributed by atoms with E-state index in [0.29, 0.717) is 0 Å². The Labute approximate surface area is 114 Å². The number of carboxylic acid groups (broad SMARTS) is 1. The Morgan fingerprint density at radius 1 is 1.35 bits per heavy atom. The maximum absolute atomic E-state index is 12.0. The van der Waals surface area contributed by atoms with Crippen LogP contribution >= 0.6 is 0 Å². The van der Waals surface area contributed by atoms with E-state index in [1.54, 1.807) is 20.8 Å². The SMILES string of the molecule is CC(C)(C)C(CC(=O)O)NC(=O)c1c[nH]c(=O)[nH]c1=O. The fraction of sp³-hybridized carbons (Fsp3) is 0.500. The van der Waals surface area contributed by atoms with Gasteiger partial charge >= 0.3 is 11.7 Å². The summed E-state index contributed by atoms with van der Waals surface area (Å²) in [7, 11) is 0. The number of amides is 1. The molecule has 0 radical (unpaired) electrons. The average Bonchev–Trinajstić information content (AvgIpc) is 2.25. The molecule has 8 nitrogen and oxygen atoms in total. The first kappa shape index (κ1) is 15.7. The van der Waals surface area contributed by atoms with Gasteiger partial charge in [0, 0.05) is 12.2 Å². The molecule has 1 unspecified atom stereocenters. The van der Waals surface area contributed by atoms with E-state index < -0.39 is 34.6 Å². The van der Waals surface area contributed by atoms with Crippen molar-refractivity contribution in [2.75, 3.05) is 0 Å². The second-order valence-electron chi connectivity index (χ2n) is 5.48. The Hall–Kier alpha value is -2.38. The van der Waals surface area contributed by atoms with Crippen LogP contribution in [0.2, 0.25) is 0 Å². The predicted molar refractivity (Wildman–Crippen MR) is 70.6 cm³/mol. The topological polar surface area (TPSA) is 132 Å². The van der Waals surface area contributed by atoms with Gasteiger partial charge in [-0.15, -0.1) is 0 Å². The lowest BCUT2D eigenvalue weighted by Crippen LogP contribution is -2.46. The molecule has 1 aromatic rings. The molecule has 20 heavy (non-hydrogen) atoms. The van der Waals surface area contributed by atoms with E-state index in [4.69, 9.17) is 5.11 Å². The third kappa shape index (κ3) is 4.08. The summed E-state index contributed by atoms with van der Waals surface area (Å²) in [5, 5.41) is 11.4. The molecule has 0 aromatic carbocycles. The maximum Gasteiger partial charge on any atom is 0.325 e. The molecular weight excluding hydrogens is 266 g/mol. The van der Waals surface area contributed by atoms with Crippen molar-refractivity contribution in [3.8, 4) is 0 Å². The monoisotopic (exact) mass is 283 g/mol. The molecular formula is C12H17N3O5.